The van der Waals surface area contributed by atoms with Gasteiger partial charge in [0.05, 0.1) is 17.3 Å². The van der Waals surface area contributed by atoms with Gasteiger partial charge in [-0.15, -0.1) is 0 Å². The monoisotopic (exact) mass is 564 g/mol. The zero-order valence-electron chi connectivity index (χ0n) is 24.3. The molecule has 2 amide bonds. The highest BCUT2D eigenvalue weighted by molar-refractivity contribution is 7.80. The van der Waals surface area contributed by atoms with Gasteiger partial charge >= 0.3 is 5.97 Å². The molecule has 3 aliphatic carbocycles. The van der Waals surface area contributed by atoms with Crippen molar-refractivity contribution < 1.29 is 23.9 Å². The predicted octanol–water partition coefficient (Wildman–Crippen LogP) is 3.87. The maximum absolute atomic E-state index is 13.6. The quantitative estimate of drug-likeness (QED) is 0.103. The molecule has 2 bridgehead atoms. The molecule has 0 heterocycles. The number of Topliss-reactive ketones (excluding diaryl/α,β-unsaturated/α-hetero) is 1. The molecule has 0 spiro atoms. The molecule has 3 rings (SSSR count). The largest absolute Gasteiger partial charge is 0.461 e. The van der Waals surface area contributed by atoms with Crippen molar-refractivity contribution in [1.29, 1.82) is 5.41 Å². The minimum atomic E-state index is -1.01. The van der Waals surface area contributed by atoms with Gasteiger partial charge in [-0.3, -0.25) is 14.4 Å². The topological polar surface area (TPSA) is 137 Å². The molecule has 0 saturated heterocycles. The van der Waals surface area contributed by atoms with Crippen LogP contribution in [0.1, 0.15) is 98.8 Å². The van der Waals surface area contributed by atoms with Crippen LogP contribution in [0.5, 0.6) is 0 Å². The molecular weight excluding hydrogens is 516 g/mol. The molecule has 4 N–H and O–H groups in total. The number of ether oxygens (including phenoxy) is 1. The Morgan fingerprint density at radius 1 is 1.08 bits per heavy atom. The maximum atomic E-state index is 13.6. The van der Waals surface area contributed by atoms with E-state index in [0.717, 1.165) is 36.6 Å². The molecule has 0 aromatic rings. The fourth-order valence-corrected chi connectivity index (χ4v) is 6.66. The van der Waals surface area contributed by atoms with Crippen molar-refractivity contribution in [3.63, 3.8) is 0 Å². The SMILES string of the molecule is CC(=O)NCCCC[C@H](NC(=S)C12CCC(CC(C)C1)C(C)C2)C(=O)N[C@@H](CCC(=O)C=N)C(=O)OC(C)C. The average molecular weight is 565 g/mol. The van der Waals surface area contributed by atoms with Gasteiger partial charge in [0.25, 0.3) is 0 Å². The number of rotatable bonds is 15. The van der Waals surface area contributed by atoms with Crippen molar-refractivity contribution in [1.82, 2.24) is 16.0 Å². The van der Waals surface area contributed by atoms with Crippen LogP contribution in [0.25, 0.3) is 0 Å². The summed E-state index contributed by atoms with van der Waals surface area (Å²) in [5, 5.41) is 16.1. The summed E-state index contributed by atoms with van der Waals surface area (Å²) >= 11 is 6.02. The number of unbranched alkanes of at least 4 members (excludes halogenated alkanes) is 1. The van der Waals surface area contributed by atoms with Gasteiger partial charge in [0.15, 0.2) is 5.78 Å². The molecule has 3 saturated carbocycles. The maximum Gasteiger partial charge on any atom is 0.328 e. The van der Waals surface area contributed by atoms with Crippen LogP contribution < -0.4 is 16.0 Å². The summed E-state index contributed by atoms with van der Waals surface area (Å²) in [6.07, 6.45) is 7.58. The summed E-state index contributed by atoms with van der Waals surface area (Å²) in [5.74, 6) is 0.370. The van der Waals surface area contributed by atoms with E-state index >= 15 is 0 Å². The molecule has 3 fully saturated rings. The molecule has 10 heteroatoms. The summed E-state index contributed by atoms with van der Waals surface area (Å²) < 4.78 is 5.34. The van der Waals surface area contributed by atoms with Gasteiger partial charge in [-0.2, -0.15) is 0 Å². The molecular formula is C29H48N4O5S. The van der Waals surface area contributed by atoms with Gasteiger partial charge in [-0.25, -0.2) is 4.79 Å². The Kier molecular flexibility index (Phi) is 13.0. The van der Waals surface area contributed by atoms with Crippen molar-refractivity contribution in [2.24, 2.45) is 23.2 Å². The molecule has 39 heavy (non-hydrogen) atoms. The highest BCUT2D eigenvalue weighted by atomic mass is 32.1. The molecule has 4 unspecified atom stereocenters. The van der Waals surface area contributed by atoms with Crippen LogP contribution in [-0.4, -0.2) is 59.5 Å². The molecule has 0 aromatic carbocycles. The Morgan fingerprint density at radius 3 is 2.41 bits per heavy atom. The van der Waals surface area contributed by atoms with E-state index in [1.54, 1.807) is 13.8 Å². The lowest BCUT2D eigenvalue weighted by molar-refractivity contribution is -0.151. The van der Waals surface area contributed by atoms with Gasteiger partial charge in [0.1, 0.15) is 12.1 Å². The van der Waals surface area contributed by atoms with E-state index in [2.05, 4.69) is 29.8 Å². The minimum absolute atomic E-state index is 0.0467. The first-order valence-corrected chi connectivity index (χ1v) is 14.9. The van der Waals surface area contributed by atoms with E-state index in [0.29, 0.717) is 43.9 Å². The summed E-state index contributed by atoms with van der Waals surface area (Å²) in [4.78, 5) is 50.1. The Morgan fingerprint density at radius 2 is 1.79 bits per heavy atom. The van der Waals surface area contributed by atoms with Crippen molar-refractivity contribution in [2.75, 3.05) is 6.54 Å². The van der Waals surface area contributed by atoms with Crippen LogP contribution in [0.15, 0.2) is 0 Å². The predicted molar refractivity (Wildman–Crippen MR) is 156 cm³/mol. The summed E-state index contributed by atoms with van der Waals surface area (Å²) in [6.45, 7) is 10.0. The number of hydrogen-bond donors (Lipinski definition) is 4. The van der Waals surface area contributed by atoms with Gasteiger partial charge in [0.2, 0.25) is 11.8 Å². The van der Waals surface area contributed by atoms with E-state index in [4.69, 9.17) is 22.4 Å². The van der Waals surface area contributed by atoms with E-state index in [1.165, 1.54) is 13.3 Å². The normalized spacial score (nSPS) is 25.6. The molecule has 3 aliphatic rings. The Hall–Kier alpha value is -2.36. The van der Waals surface area contributed by atoms with Crippen LogP contribution in [0.3, 0.4) is 0 Å². The number of esters is 1. The van der Waals surface area contributed by atoms with E-state index in [9.17, 15) is 19.2 Å². The van der Waals surface area contributed by atoms with Crippen molar-refractivity contribution >= 4 is 47.0 Å². The molecule has 9 nitrogen and oxygen atoms in total. The molecule has 220 valence electrons. The number of nitrogens with one attached hydrogen (secondary N) is 4. The Labute approximate surface area is 238 Å². The second-order valence-electron chi connectivity index (χ2n) is 12.0. The van der Waals surface area contributed by atoms with Crippen LogP contribution in [0.4, 0.5) is 0 Å². The smallest absolute Gasteiger partial charge is 0.328 e. The molecule has 0 aromatic heterocycles. The van der Waals surface area contributed by atoms with E-state index in [-0.39, 0.29) is 36.2 Å². The van der Waals surface area contributed by atoms with Crippen LogP contribution in [-0.2, 0) is 23.9 Å². The lowest BCUT2D eigenvalue weighted by Gasteiger charge is -2.42. The van der Waals surface area contributed by atoms with Gasteiger partial charge in [-0.05, 0) is 89.4 Å². The summed E-state index contributed by atoms with van der Waals surface area (Å²) in [5.41, 5.74) is -0.137. The van der Waals surface area contributed by atoms with Crippen molar-refractivity contribution in [3.8, 4) is 0 Å². The standard InChI is InChI=1S/C29H48N4O5S/c1-18(2)38-27(37)25(10-9-23(35)17-30)32-26(36)24(8-6-7-13-31-21(5)34)33-28(39)29-12-11-22(20(4)16-29)14-19(3)15-29/h17-20,22,24-25,30H,6-16H2,1-5H3,(H,31,34)(H,32,36)(H,33,39)/t19?,20?,22?,24-,25-,29?/m0/s1. The Balaban J connectivity index is 2.19. The summed E-state index contributed by atoms with van der Waals surface area (Å²) in [7, 11) is 0. The third-order valence-corrected chi connectivity index (χ3v) is 8.70. The van der Waals surface area contributed by atoms with Gasteiger partial charge in [-0.1, -0.05) is 26.1 Å². The second-order valence-corrected chi connectivity index (χ2v) is 12.4. The first kappa shape index (κ1) is 32.8. The number of amides is 2. The fraction of sp³-hybridized carbons (Fsp3) is 0.793. The average Bonchev–Trinajstić information content (AvgIpc) is 3.10. The number of thiocarbonyl (C=S) groups is 1. The van der Waals surface area contributed by atoms with Gasteiger partial charge < -0.3 is 26.1 Å². The zero-order valence-corrected chi connectivity index (χ0v) is 25.1. The lowest BCUT2D eigenvalue weighted by Crippen LogP contribution is -2.55. The molecule has 0 radical (unpaired) electrons. The first-order chi connectivity index (χ1) is 18.4. The highest BCUT2D eigenvalue weighted by Crippen LogP contribution is 2.53. The number of fused-ring (bicyclic) bond motifs is 4. The van der Waals surface area contributed by atoms with Crippen LogP contribution >= 0.6 is 12.2 Å². The van der Waals surface area contributed by atoms with Crippen LogP contribution in [0, 0.1) is 28.6 Å². The third kappa shape index (κ3) is 10.3. The lowest BCUT2D eigenvalue weighted by atomic mass is 9.66. The molecule has 0 aliphatic heterocycles. The van der Waals surface area contributed by atoms with Crippen LogP contribution in [0.2, 0.25) is 0 Å². The highest BCUT2D eigenvalue weighted by Gasteiger charge is 2.47. The van der Waals surface area contributed by atoms with E-state index < -0.39 is 23.8 Å². The number of hydrogen-bond acceptors (Lipinski definition) is 7. The van der Waals surface area contributed by atoms with Crippen molar-refractivity contribution in [2.45, 2.75) is 117 Å². The summed E-state index contributed by atoms with van der Waals surface area (Å²) in [6, 6.07) is -1.67. The Bertz CT molecular complexity index is 906. The minimum Gasteiger partial charge on any atom is -0.461 e. The third-order valence-electron chi connectivity index (χ3n) is 8.15. The number of carbonyl (C=O) groups excluding carboxylic acids is 4. The van der Waals surface area contributed by atoms with E-state index in [1.807, 2.05) is 0 Å². The van der Waals surface area contributed by atoms with Crippen molar-refractivity contribution in [3.05, 3.63) is 0 Å². The first-order valence-electron chi connectivity index (χ1n) is 14.5. The number of ketones is 1. The van der Waals surface area contributed by atoms with Gasteiger partial charge in [0, 0.05) is 25.3 Å². The molecule has 6 atom stereocenters. The fourth-order valence-electron chi connectivity index (χ4n) is 6.25. The zero-order chi connectivity index (χ0) is 29.2. The number of carbonyl (C=O) groups is 4. The second kappa shape index (κ2) is 15.4.